The normalized spacial score (nSPS) is 17.5. The molecule has 0 bridgehead atoms. The van der Waals surface area contributed by atoms with Crippen LogP contribution in [-0.2, 0) is 11.2 Å². The minimum absolute atomic E-state index is 0. The first-order valence-corrected chi connectivity index (χ1v) is 6.74. The molecule has 0 saturated heterocycles. The number of benzene rings is 1. The van der Waals surface area contributed by atoms with Crippen molar-refractivity contribution in [1.82, 2.24) is 0 Å². The summed E-state index contributed by atoms with van der Waals surface area (Å²) < 4.78 is 0. The van der Waals surface area contributed by atoms with Gasteiger partial charge >= 0.3 is 5.97 Å². The number of hydrogen-bond acceptors (Lipinski definition) is 2. The maximum Gasteiger partial charge on any atom is 0.320 e. The molecule has 0 radical (unpaired) electrons. The summed E-state index contributed by atoms with van der Waals surface area (Å²) in [4.78, 5) is 10.9. The third-order valence-electron chi connectivity index (χ3n) is 3.86. The predicted molar refractivity (Wildman–Crippen MR) is 78.8 cm³/mol. The highest BCUT2D eigenvalue weighted by molar-refractivity contribution is 5.85. The molecule has 3 nitrogen and oxygen atoms in total. The van der Waals surface area contributed by atoms with Crippen LogP contribution in [0.15, 0.2) is 24.3 Å². The van der Waals surface area contributed by atoms with Gasteiger partial charge in [0.1, 0.15) is 6.04 Å². The molecule has 1 saturated carbocycles. The van der Waals surface area contributed by atoms with Gasteiger partial charge in [0, 0.05) is 0 Å². The van der Waals surface area contributed by atoms with Crippen molar-refractivity contribution in [1.29, 1.82) is 0 Å². The molecular formula is C15H22ClNO2. The number of carbonyl (C=O) groups is 1. The minimum Gasteiger partial charge on any atom is -0.480 e. The van der Waals surface area contributed by atoms with Crippen molar-refractivity contribution < 1.29 is 9.90 Å². The average Bonchev–Trinajstić information content (AvgIpc) is 2.40. The van der Waals surface area contributed by atoms with Gasteiger partial charge in [-0.25, -0.2) is 0 Å². The smallest absolute Gasteiger partial charge is 0.320 e. The second-order valence-corrected chi connectivity index (χ2v) is 5.18. The Morgan fingerprint density at radius 3 is 2.53 bits per heavy atom. The molecule has 19 heavy (non-hydrogen) atoms. The molecule has 1 aliphatic carbocycles. The molecule has 1 aliphatic rings. The zero-order valence-electron chi connectivity index (χ0n) is 11.0. The van der Waals surface area contributed by atoms with Crippen molar-refractivity contribution in [2.45, 2.75) is 50.5 Å². The number of hydrogen-bond donors (Lipinski definition) is 2. The van der Waals surface area contributed by atoms with E-state index < -0.39 is 12.0 Å². The molecule has 1 aromatic carbocycles. The first kappa shape index (κ1) is 16.0. The number of halogens is 1. The van der Waals surface area contributed by atoms with Gasteiger partial charge in [-0.15, -0.1) is 12.4 Å². The lowest BCUT2D eigenvalue weighted by molar-refractivity contribution is -0.138. The van der Waals surface area contributed by atoms with Gasteiger partial charge in [0.25, 0.3) is 0 Å². The highest BCUT2D eigenvalue weighted by atomic mass is 35.5. The zero-order chi connectivity index (χ0) is 13.0. The standard InChI is InChI=1S/C15H21NO2.ClH/c16-14(15(17)18)10-12-8-4-5-9-13(12)11-6-2-1-3-7-11;/h4-5,8-9,11,14H,1-3,6-7,10,16H2,(H,17,18);1H/t14-;/m0./s1. The number of carboxylic acid groups (broad SMARTS) is 1. The molecule has 0 unspecified atom stereocenters. The van der Waals surface area contributed by atoms with Crippen LogP contribution in [0.5, 0.6) is 0 Å². The second-order valence-electron chi connectivity index (χ2n) is 5.18. The summed E-state index contributed by atoms with van der Waals surface area (Å²) >= 11 is 0. The lowest BCUT2D eigenvalue weighted by Gasteiger charge is -2.24. The van der Waals surface area contributed by atoms with Crippen molar-refractivity contribution in [2.24, 2.45) is 5.73 Å². The van der Waals surface area contributed by atoms with Gasteiger partial charge in [-0.2, -0.15) is 0 Å². The first-order valence-electron chi connectivity index (χ1n) is 6.74. The Labute approximate surface area is 120 Å². The zero-order valence-corrected chi connectivity index (χ0v) is 11.9. The van der Waals surface area contributed by atoms with E-state index >= 15 is 0 Å². The molecule has 1 fully saturated rings. The van der Waals surface area contributed by atoms with Crippen LogP contribution in [0, 0.1) is 0 Å². The molecule has 4 heteroatoms. The summed E-state index contributed by atoms with van der Waals surface area (Å²) in [5.41, 5.74) is 8.07. The van der Waals surface area contributed by atoms with Crippen LogP contribution in [0.2, 0.25) is 0 Å². The van der Waals surface area contributed by atoms with E-state index in [1.54, 1.807) is 0 Å². The summed E-state index contributed by atoms with van der Waals surface area (Å²) in [6.07, 6.45) is 6.77. The third-order valence-corrected chi connectivity index (χ3v) is 3.86. The fourth-order valence-electron chi connectivity index (χ4n) is 2.86. The summed E-state index contributed by atoms with van der Waals surface area (Å²) in [6, 6.07) is 7.37. The summed E-state index contributed by atoms with van der Waals surface area (Å²) in [6.45, 7) is 0. The lowest BCUT2D eigenvalue weighted by Crippen LogP contribution is -2.32. The van der Waals surface area contributed by atoms with Crippen molar-refractivity contribution in [3.05, 3.63) is 35.4 Å². The van der Waals surface area contributed by atoms with Gasteiger partial charge in [0.15, 0.2) is 0 Å². The van der Waals surface area contributed by atoms with Crippen LogP contribution in [0.25, 0.3) is 0 Å². The maximum absolute atomic E-state index is 10.9. The molecule has 1 atom stereocenters. The van der Waals surface area contributed by atoms with Crippen LogP contribution in [0.1, 0.15) is 49.1 Å². The lowest BCUT2D eigenvalue weighted by atomic mass is 9.81. The first-order chi connectivity index (χ1) is 8.68. The number of carboxylic acids is 1. The Balaban J connectivity index is 0.00000180. The summed E-state index contributed by atoms with van der Waals surface area (Å²) in [7, 11) is 0. The van der Waals surface area contributed by atoms with Crippen LogP contribution >= 0.6 is 12.4 Å². The fraction of sp³-hybridized carbons (Fsp3) is 0.533. The molecular weight excluding hydrogens is 262 g/mol. The minimum atomic E-state index is -0.923. The Morgan fingerprint density at radius 1 is 1.26 bits per heavy atom. The monoisotopic (exact) mass is 283 g/mol. The van der Waals surface area contributed by atoms with Crippen molar-refractivity contribution >= 4 is 18.4 Å². The SMILES string of the molecule is Cl.N[C@@H](Cc1ccccc1C1CCCCC1)C(=O)O. The Kier molecular flexibility index (Phi) is 6.32. The molecule has 0 aliphatic heterocycles. The van der Waals surface area contributed by atoms with E-state index in [2.05, 4.69) is 6.07 Å². The number of rotatable bonds is 4. The molecule has 3 N–H and O–H groups in total. The third kappa shape index (κ3) is 4.22. The van der Waals surface area contributed by atoms with Gasteiger partial charge in [-0.3, -0.25) is 4.79 Å². The van der Waals surface area contributed by atoms with E-state index in [0.717, 1.165) is 5.56 Å². The molecule has 1 aromatic rings. The number of aliphatic carboxylic acids is 1. The molecule has 2 rings (SSSR count). The molecule has 0 spiro atoms. The fourth-order valence-corrected chi connectivity index (χ4v) is 2.86. The predicted octanol–water partition coefficient (Wildman–Crippen LogP) is 3.11. The Bertz CT molecular complexity index is 416. The Hall–Kier alpha value is -1.06. The number of nitrogens with two attached hydrogens (primary N) is 1. The summed E-state index contributed by atoms with van der Waals surface area (Å²) in [5.74, 6) is -0.329. The van der Waals surface area contributed by atoms with Gasteiger partial charge < -0.3 is 10.8 Å². The van der Waals surface area contributed by atoms with E-state index in [4.69, 9.17) is 10.8 Å². The highest BCUT2D eigenvalue weighted by Crippen LogP contribution is 2.34. The Morgan fingerprint density at radius 2 is 1.89 bits per heavy atom. The van der Waals surface area contributed by atoms with Gasteiger partial charge in [-0.1, -0.05) is 43.5 Å². The van der Waals surface area contributed by atoms with E-state index in [0.29, 0.717) is 12.3 Å². The molecule has 0 heterocycles. The van der Waals surface area contributed by atoms with E-state index in [1.807, 2.05) is 18.2 Å². The van der Waals surface area contributed by atoms with Gasteiger partial charge in [-0.05, 0) is 36.3 Å². The highest BCUT2D eigenvalue weighted by Gasteiger charge is 2.20. The van der Waals surface area contributed by atoms with E-state index in [-0.39, 0.29) is 12.4 Å². The second kappa shape index (κ2) is 7.51. The van der Waals surface area contributed by atoms with E-state index in [1.165, 1.54) is 37.7 Å². The molecule has 106 valence electrons. The topological polar surface area (TPSA) is 63.3 Å². The van der Waals surface area contributed by atoms with Gasteiger partial charge in [0.05, 0.1) is 0 Å². The van der Waals surface area contributed by atoms with Crippen LogP contribution < -0.4 is 5.73 Å². The molecule has 0 aromatic heterocycles. The maximum atomic E-state index is 10.9. The quantitative estimate of drug-likeness (QED) is 0.892. The van der Waals surface area contributed by atoms with Crippen molar-refractivity contribution in [3.8, 4) is 0 Å². The molecule has 0 amide bonds. The largest absolute Gasteiger partial charge is 0.480 e. The van der Waals surface area contributed by atoms with Gasteiger partial charge in [0.2, 0.25) is 0 Å². The van der Waals surface area contributed by atoms with E-state index in [9.17, 15) is 4.79 Å². The van der Waals surface area contributed by atoms with Crippen LogP contribution in [0.4, 0.5) is 0 Å². The van der Waals surface area contributed by atoms with Crippen molar-refractivity contribution in [3.63, 3.8) is 0 Å². The van der Waals surface area contributed by atoms with Crippen LogP contribution in [0.3, 0.4) is 0 Å². The average molecular weight is 284 g/mol. The van der Waals surface area contributed by atoms with Crippen molar-refractivity contribution in [2.75, 3.05) is 0 Å². The van der Waals surface area contributed by atoms with Crippen LogP contribution in [-0.4, -0.2) is 17.1 Å². The summed E-state index contributed by atoms with van der Waals surface area (Å²) in [5, 5.41) is 8.92.